The van der Waals surface area contributed by atoms with Crippen LogP contribution in [0, 0.1) is 0 Å². The van der Waals surface area contributed by atoms with Crippen LogP contribution in [0.1, 0.15) is 59.6 Å². The third kappa shape index (κ3) is 7.18. The minimum absolute atomic E-state index is 0.356. The molecular formula is C62H46N2S2. The van der Waals surface area contributed by atoms with Crippen LogP contribution in [0.3, 0.4) is 0 Å². The summed E-state index contributed by atoms with van der Waals surface area (Å²) in [6.45, 7) is 4.36. The van der Waals surface area contributed by atoms with Gasteiger partial charge in [-0.3, -0.25) is 0 Å². The molecule has 0 saturated carbocycles. The van der Waals surface area contributed by atoms with E-state index in [1.165, 1.54) is 90.1 Å². The average molecular weight is 883 g/mol. The van der Waals surface area contributed by atoms with Crippen LogP contribution < -0.4 is 0 Å². The Hall–Kier alpha value is -7.24. The number of nitrogens with zero attached hydrogens (tertiary/aromatic N) is 2. The predicted octanol–water partition coefficient (Wildman–Crippen LogP) is 17.5. The van der Waals surface area contributed by atoms with Crippen LogP contribution in [0.15, 0.2) is 210 Å². The van der Waals surface area contributed by atoms with Gasteiger partial charge in [-0.15, -0.1) is 22.7 Å². The van der Waals surface area contributed by atoms with E-state index in [4.69, 9.17) is 9.98 Å². The summed E-state index contributed by atoms with van der Waals surface area (Å²) >= 11 is 3.74. The maximum Gasteiger partial charge on any atom is 0.161 e. The molecule has 0 spiro atoms. The quantitative estimate of drug-likeness (QED) is 0.107. The highest BCUT2D eigenvalue weighted by Crippen LogP contribution is 2.46. The molecule has 2 aromatic heterocycles. The highest BCUT2D eigenvalue weighted by molar-refractivity contribution is 7.26. The van der Waals surface area contributed by atoms with E-state index in [9.17, 15) is 0 Å². The number of rotatable bonds is 8. The fraction of sp³-hybridized carbons (Fsp3) is 0.0968. The summed E-state index contributed by atoms with van der Waals surface area (Å²) in [5.41, 5.74) is 14.5. The minimum Gasteiger partial charge on any atom is -0.233 e. The Kier molecular flexibility index (Phi) is 10.3. The summed E-state index contributed by atoms with van der Waals surface area (Å²) in [6, 6.07) is 71.1. The maximum atomic E-state index is 5.65. The predicted molar refractivity (Wildman–Crippen MR) is 287 cm³/mol. The third-order valence-electron chi connectivity index (χ3n) is 13.4. The molecule has 2 heterocycles. The van der Waals surface area contributed by atoms with Crippen molar-refractivity contribution < 1.29 is 0 Å². The molecular weight excluding hydrogens is 837 g/mol. The van der Waals surface area contributed by atoms with E-state index in [0.29, 0.717) is 5.92 Å². The SMILES string of the molecule is CC\C=C(/N=C(\N=C(/C)c1ccc(CC2Cc3cc4ccccc4cc3-c3ccccc32)c2sc3ccccc3c12)c1cccc2c1sc1ccccc12)c1ccc(-c2ccccc2)cc1. The van der Waals surface area contributed by atoms with Crippen LogP contribution in [0.25, 0.3) is 79.1 Å². The maximum absolute atomic E-state index is 5.65. The number of hydrogen-bond acceptors (Lipinski definition) is 3. The largest absolute Gasteiger partial charge is 0.233 e. The van der Waals surface area contributed by atoms with E-state index in [0.717, 1.165) is 53.2 Å². The zero-order chi connectivity index (χ0) is 44.1. The Balaban J connectivity index is 0.996. The zero-order valence-electron chi connectivity index (χ0n) is 37.0. The fourth-order valence-corrected chi connectivity index (χ4v) is 12.7. The van der Waals surface area contributed by atoms with E-state index < -0.39 is 0 Å². The molecule has 11 aromatic rings. The van der Waals surface area contributed by atoms with E-state index >= 15 is 0 Å². The second kappa shape index (κ2) is 17.0. The van der Waals surface area contributed by atoms with Gasteiger partial charge in [-0.1, -0.05) is 183 Å². The molecule has 0 N–H and O–H groups in total. The lowest BCUT2D eigenvalue weighted by Crippen LogP contribution is -2.14. The van der Waals surface area contributed by atoms with E-state index in [1.54, 1.807) is 0 Å². The Morgan fingerprint density at radius 1 is 0.561 bits per heavy atom. The molecule has 0 fully saturated rings. The van der Waals surface area contributed by atoms with Gasteiger partial charge in [-0.25, -0.2) is 9.98 Å². The van der Waals surface area contributed by atoms with Crippen molar-refractivity contribution in [1.29, 1.82) is 0 Å². The molecule has 0 amide bonds. The molecule has 66 heavy (non-hydrogen) atoms. The Morgan fingerprint density at radius 2 is 1.23 bits per heavy atom. The summed E-state index contributed by atoms with van der Waals surface area (Å²) in [5, 5.41) is 7.67. The van der Waals surface area contributed by atoms with Gasteiger partial charge in [0.25, 0.3) is 0 Å². The van der Waals surface area contributed by atoms with Gasteiger partial charge in [0.15, 0.2) is 5.84 Å². The van der Waals surface area contributed by atoms with Gasteiger partial charge < -0.3 is 0 Å². The van der Waals surface area contributed by atoms with Gasteiger partial charge in [0, 0.05) is 57.2 Å². The number of thiophene rings is 2. The van der Waals surface area contributed by atoms with Crippen molar-refractivity contribution in [2.24, 2.45) is 9.98 Å². The molecule has 1 unspecified atom stereocenters. The molecule has 0 aliphatic heterocycles. The van der Waals surface area contributed by atoms with Crippen molar-refractivity contribution in [3.05, 3.63) is 234 Å². The smallest absolute Gasteiger partial charge is 0.161 e. The lowest BCUT2D eigenvalue weighted by Gasteiger charge is -2.29. The van der Waals surface area contributed by atoms with Crippen LogP contribution in [0.2, 0.25) is 0 Å². The average Bonchev–Trinajstić information content (AvgIpc) is 3.96. The first-order valence-corrected chi connectivity index (χ1v) is 24.7. The molecule has 2 nitrogen and oxygen atoms in total. The van der Waals surface area contributed by atoms with Crippen molar-refractivity contribution in [3.8, 4) is 22.3 Å². The van der Waals surface area contributed by atoms with Crippen molar-refractivity contribution in [1.82, 2.24) is 0 Å². The fourth-order valence-electron chi connectivity index (χ4n) is 10.3. The summed E-state index contributed by atoms with van der Waals surface area (Å²) in [6.07, 6.45) is 5.05. The standard InChI is InChI=1S/C62H46N2S2/c1-3-16-56(42-31-29-41(30-32-42)40-17-5-4-6-18-40)64-62(54-26-15-25-52-51-23-11-13-27-57(51)66-61(52)54)63-39(2)48-34-33-45(60-59(48)53-24-12-14-28-58(53)65-60)36-46-37-47-35-43-19-7-8-20-44(43)38-55(47)50-22-10-9-21-49(46)50/h4-35,38,46H,3,36-37H2,1-2H3/b56-16-,63-39+,64-62-. The van der Waals surface area contributed by atoms with Gasteiger partial charge in [-0.05, 0) is 112 Å². The Morgan fingerprint density at radius 3 is 2.05 bits per heavy atom. The highest BCUT2D eigenvalue weighted by atomic mass is 32.1. The number of amidine groups is 1. The van der Waals surface area contributed by atoms with Crippen LogP contribution in [0.4, 0.5) is 0 Å². The number of benzene rings is 9. The zero-order valence-corrected chi connectivity index (χ0v) is 38.6. The second-order valence-electron chi connectivity index (χ2n) is 17.5. The lowest BCUT2D eigenvalue weighted by molar-refractivity contribution is 0.676. The minimum atomic E-state index is 0.356. The molecule has 9 aromatic carbocycles. The van der Waals surface area contributed by atoms with Gasteiger partial charge in [0.1, 0.15) is 0 Å². The number of allylic oxidation sites excluding steroid dienone is 1. The molecule has 0 bridgehead atoms. The van der Waals surface area contributed by atoms with E-state index in [-0.39, 0.29) is 0 Å². The summed E-state index contributed by atoms with van der Waals surface area (Å²) in [5.74, 6) is 1.08. The second-order valence-corrected chi connectivity index (χ2v) is 19.6. The molecule has 1 aliphatic carbocycles. The first-order chi connectivity index (χ1) is 32.6. The normalized spacial score (nSPS) is 14.4. The third-order valence-corrected chi connectivity index (χ3v) is 15.9. The van der Waals surface area contributed by atoms with Gasteiger partial charge >= 0.3 is 0 Å². The number of aliphatic imine (C=N–C) groups is 2. The molecule has 0 radical (unpaired) electrons. The highest BCUT2D eigenvalue weighted by Gasteiger charge is 2.27. The van der Waals surface area contributed by atoms with Gasteiger partial charge in [0.2, 0.25) is 0 Å². The lowest BCUT2D eigenvalue weighted by atomic mass is 9.75. The van der Waals surface area contributed by atoms with E-state index in [2.05, 4.69) is 214 Å². The first-order valence-electron chi connectivity index (χ1n) is 23.0. The summed E-state index contributed by atoms with van der Waals surface area (Å²) in [7, 11) is 0. The molecule has 12 rings (SSSR count). The first kappa shape index (κ1) is 40.3. The molecule has 316 valence electrons. The van der Waals surface area contributed by atoms with Crippen LogP contribution >= 0.6 is 22.7 Å². The monoisotopic (exact) mass is 882 g/mol. The van der Waals surface area contributed by atoms with Gasteiger partial charge in [-0.2, -0.15) is 0 Å². The van der Waals surface area contributed by atoms with Crippen LogP contribution in [-0.4, -0.2) is 11.5 Å². The summed E-state index contributed by atoms with van der Waals surface area (Å²) in [4.78, 5) is 11.2. The molecule has 0 saturated heterocycles. The number of hydrogen-bond donors (Lipinski definition) is 0. The molecule has 1 aliphatic rings. The van der Waals surface area contributed by atoms with Crippen molar-refractivity contribution in [2.75, 3.05) is 0 Å². The van der Waals surface area contributed by atoms with Crippen LogP contribution in [0.5, 0.6) is 0 Å². The van der Waals surface area contributed by atoms with E-state index in [1.807, 2.05) is 22.7 Å². The summed E-state index contributed by atoms with van der Waals surface area (Å²) < 4.78 is 5.11. The van der Waals surface area contributed by atoms with Crippen molar-refractivity contribution >= 4 is 91.0 Å². The topological polar surface area (TPSA) is 24.7 Å². The van der Waals surface area contributed by atoms with Crippen LogP contribution in [-0.2, 0) is 12.8 Å². The van der Waals surface area contributed by atoms with Gasteiger partial charge in [0.05, 0.1) is 5.70 Å². The number of fused-ring (bicyclic) bond motifs is 10. The van der Waals surface area contributed by atoms with Crippen molar-refractivity contribution in [3.63, 3.8) is 0 Å². The molecule has 1 atom stereocenters. The Labute approximate surface area is 393 Å². The Bertz CT molecular complexity index is 3750. The van der Waals surface area contributed by atoms with Crippen molar-refractivity contribution in [2.45, 2.75) is 39.0 Å². The molecule has 4 heteroatoms.